The molecule has 0 amide bonds. The summed E-state index contributed by atoms with van der Waals surface area (Å²) in [5.41, 5.74) is 1.60. The van der Waals surface area contributed by atoms with Gasteiger partial charge in [-0.05, 0) is 81.1 Å². The molecular formula is C23H29ClFNO. The van der Waals surface area contributed by atoms with Gasteiger partial charge in [-0.25, -0.2) is 4.39 Å². The van der Waals surface area contributed by atoms with Gasteiger partial charge in [-0.2, -0.15) is 0 Å². The van der Waals surface area contributed by atoms with Crippen molar-refractivity contribution < 1.29 is 9.50 Å². The summed E-state index contributed by atoms with van der Waals surface area (Å²) >= 11 is 6.00. The molecule has 3 rings (SSSR count). The van der Waals surface area contributed by atoms with E-state index in [4.69, 9.17) is 11.6 Å². The summed E-state index contributed by atoms with van der Waals surface area (Å²) in [4.78, 5) is 2.16. The summed E-state index contributed by atoms with van der Waals surface area (Å²) in [6, 6.07) is 14.6. The van der Waals surface area contributed by atoms with Crippen molar-refractivity contribution >= 4 is 11.6 Å². The van der Waals surface area contributed by atoms with Crippen LogP contribution in [0.2, 0.25) is 5.02 Å². The zero-order chi connectivity index (χ0) is 19.4. The normalized spacial score (nSPS) is 25.7. The minimum Gasteiger partial charge on any atom is -0.389 e. The summed E-state index contributed by atoms with van der Waals surface area (Å²) < 4.78 is 13.2. The number of nitrogens with zero attached hydrogens (tertiary/aromatic N) is 1. The van der Waals surface area contributed by atoms with Gasteiger partial charge >= 0.3 is 0 Å². The lowest BCUT2D eigenvalue weighted by atomic mass is 9.67. The Hall–Kier alpha value is -1.42. The van der Waals surface area contributed by atoms with Crippen LogP contribution in [0.15, 0.2) is 48.5 Å². The van der Waals surface area contributed by atoms with Gasteiger partial charge in [-0.1, -0.05) is 35.9 Å². The molecule has 2 nitrogen and oxygen atoms in total. The van der Waals surface area contributed by atoms with Gasteiger partial charge in [0.25, 0.3) is 0 Å². The Morgan fingerprint density at radius 2 is 1.70 bits per heavy atom. The summed E-state index contributed by atoms with van der Waals surface area (Å²) in [5.74, 6) is 0.540. The molecule has 2 aromatic carbocycles. The lowest BCUT2D eigenvalue weighted by Gasteiger charge is -2.44. The Kier molecular flexibility index (Phi) is 6.56. The Morgan fingerprint density at radius 3 is 2.33 bits per heavy atom. The predicted molar refractivity (Wildman–Crippen MR) is 110 cm³/mol. The van der Waals surface area contributed by atoms with E-state index in [2.05, 4.69) is 19.0 Å². The molecule has 3 atom stereocenters. The SMILES string of the molecule is CN(C)CC1CC(Cc2ccc(F)cc2)CCC1(O)Cc1ccc(Cl)cc1. The molecule has 27 heavy (non-hydrogen) atoms. The summed E-state index contributed by atoms with van der Waals surface area (Å²) in [6.45, 7) is 0.865. The molecule has 0 aliphatic heterocycles. The molecule has 146 valence electrons. The van der Waals surface area contributed by atoms with E-state index >= 15 is 0 Å². The fourth-order valence-corrected chi connectivity index (χ4v) is 4.54. The zero-order valence-corrected chi connectivity index (χ0v) is 16.9. The molecule has 4 heteroatoms. The number of halogens is 2. The standard InChI is InChI=1S/C23H29ClFNO/c1-26(2)16-20-14-19(13-17-5-9-22(25)10-6-17)11-12-23(20,27)15-18-3-7-21(24)8-4-18/h3-10,19-20,27H,11-16H2,1-2H3. The number of aliphatic hydroxyl groups is 1. The number of hydrogen-bond donors (Lipinski definition) is 1. The Morgan fingerprint density at radius 1 is 1.07 bits per heavy atom. The largest absolute Gasteiger partial charge is 0.389 e. The average molecular weight is 390 g/mol. The molecule has 0 heterocycles. The molecule has 0 spiro atoms. The molecule has 0 bridgehead atoms. The van der Waals surface area contributed by atoms with Crippen LogP contribution in [0.3, 0.4) is 0 Å². The van der Waals surface area contributed by atoms with Crippen LogP contribution in [-0.4, -0.2) is 36.2 Å². The van der Waals surface area contributed by atoms with Crippen LogP contribution < -0.4 is 0 Å². The molecule has 0 aromatic heterocycles. The van der Waals surface area contributed by atoms with E-state index in [1.165, 1.54) is 17.7 Å². The van der Waals surface area contributed by atoms with E-state index in [1.807, 2.05) is 36.4 Å². The van der Waals surface area contributed by atoms with Crippen molar-refractivity contribution in [2.45, 2.75) is 37.7 Å². The number of rotatable bonds is 6. The van der Waals surface area contributed by atoms with Gasteiger partial charge in [0.1, 0.15) is 5.82 Å². The first-order chi connectivity index (χ1) is 12.8. The Bertz CT molecular complexity index is 731. The summed E-state index contributed by atoms with van der Waals surface area (Å²) in [6.07, 6.45) is 4.37. The van der Waals surface area contributed by atoms with Crippen molar-refractivity contribution in [1.29, 1.82) is 0 Å². The Balaban J connectivity index is 1.71. The van der Waals surface area contributed by atoms with Crippen LogP contribution >= 0.6 is 11.6 Å². The van der Waals surface area contributed by atoms with E-state index in [-0.39, 0.29) is 11.7 Å². The molecule has 1 aliphatic carbocycles. The zero-order valence-electron chi connectivity index (χ0n) is 16.2. The summed E-state index contributed by atoms with van der Waals surface area (Å²) in [7, 11) is 4.12. The van der Waals surface area contributed by atoms with Crippen LogP contribution in [0, 0.1) is 17.7 Å². The molecule has 1 saturated carbocycles. The topological polar surface area (TPSA) is 23.5 Å². The first kappa shape index (κ1) is 20.3. The van der Waals surface area contributed by atoms with Crippen molar-refractivity contribution in [2.75, 3.05) is 20.6 Å². The number of benzene rings is 2. The molecule has 3 unspecified atom stereocenters. The van der Waals surface area contributed by atoms with Crippen LogP contribution in [0.5, 0.6) is 0 Å². The molecule has 1 fully saturated rings. The predicted octanol–water partition coefficient (Wildman–Crippen LogP) is 4.97. The molecule has 1 N–H and O–H groups in total. The van der Waals surface area contributed by atoms with Gasteiger partial charge in [-0.3, -0.25) is 0 Å². The van der Waals surface area contributed by atoms with E-state index in [0.717, 1.165) is 42.8 Å². The van der Waals surface area contributed by atoms with Crippen LogP contribution in [0.4, 0.5) is 4.39 Å². The fourth-order valence-electron chi connectivity index (χ4n) is 4.41. The maximum absolute atomic E-state index is 13.2. The van der Waals surface area contributed by atoms with Crippen LogP contribution in [0.25, 0.3) is 0 Å². The number of hydrogen-bond acceptors (Lipinski definition) is 2. The second-order valence-corrected chi connectivity index (χ2v) is 8.77. The van der Waals surface area contributed by atoms with E-state index in [9.17, 15) is 9.50 Å². The highest BCUT2D eigenvalue weighted by Crippen LogP contribution is 2.41. The Labute approximate surface area is 167 Å². The van der Waals surface area contributed by atoms with Gasteiger partial charge in [0.15, 0.2) is 0 Å². The second-order valence-electron chi connectivity index (χ2n) is 8.34. The van der Waals surface area contributed by atoms with Gasteiger partial charge < -0.3 is 10.0 Å². The van der Waals surface area contributed by atoms with Crippen molar-refractivity contribution in [3.05, 3.63) is 70.5 Å². The monoisotopic (exact) mass is 389 g/mol. The van der Waals surface area contributed by atoms with Gasteiger partial charge in [-0.15, -0.1) is 0 Å². The average Bonchev–Trinajstić information content (AvgIpc) is 2.62. The lowest BCUT2D eigenvalue weighted by molar-refractivity contribution is -0.0685. The van der Waals surface area contributed by atoms with Crippen molar-refractivity contribution in [2.24, 2.45) is 11.8 Å². The first-order valence-corrected chi connectivity index (χ1v) is 10.1. The second kappa shape index (κ2) is 8.72. The van der Waals surface area contributed by atoms with Crippen molar-refractivity contribution in [3.8, 4) is 0 Å². The smallest absolute Gasteiger partial charge is 0.123 e. The molecule has 1 aliphatic rings. The fraction of sp³-hybridized carbons (Fsp3) is 0.478. The first-order valence-electron chi connectivity index (χ1n) is 9.70. The highest BCUT2D eigenvalue weighted by atomic mass is 35.5. The van der Waals surface area contributed by atoms with E-state index < -0.39 is 5.60 Å². The third-order valence-corrected chi connectivity index (χ3v) is 6.06. The molecular weight excluding hydrogens is 361 g/mol. The maximum atomic E-state index is 13.2. The summed E-state index contributed by atoms with van der Waals surface area (Å²) in [5, 5.41) is 12.2. The van der Waals surface area contributed by atoms with Gasteiger partial charge in [0.05, 0.1) is 5.60 Å². The minimum atomic E-state index is -0.697. The van der Waals surface area contributed by atoms with Gasteiger partial charge in [0, 0.05) is 23.9 Å². The van der Waals surface area contributed by atoms with Gasteiger partial charge in [0.2, 0.25) is 0 Å². The van der Waals surface area contributed by atoms with Crippen LogP contribution in [-0.2, 0) is 12.8 Å². The lowest BCUT2D eigenvalue weighted by Crippen LogP contribution is -2.49. The molecule has 0 saturated heterocycles. The molecule has 0 radical (unpaired) electrons. The van der Waals surface area contributed by atoms with Crippen molar-refractivity contribution in [3.63, 3.8) is 0 Å². The van der Waals surface area contributed by atoms with Crippen LogP contribution in [0.1, 0.15) is 30.4 Å². The van der Waals surface area contributed by atoms with Crippen molar-refractivity contribution in [1.82, 2.24) is 4.90 Å². The third-order valence-electron chi connectivity index (χ3n) is 5.81. The highest BCUT2D eigenvalue weighted by Gasteiger charge is 2.42. The highest BCUT2D eigenvalue weighted by molar-refractivity contribution is 6.30. The third kappa shape index (κ3) is 5.54. The maximum Gasteiger partial charge on any atom is 0.123 e. The van der Waals surface area contributed by atoms with E-state index in [1.54, 1.807) is 0 Å². The van der Waals surface area contributed by atoms with E-state index in [0.29, 0.717) is 12.3 Å². The molecule has 2 aromatic rings. The quantitative estimate of drug-likeness (QED) is 0.753. The minimum absolute atomic E-state index is 0.190.